The van der Waals surface area contributed by atoms with E-state index in [9.17, 15) is 20.2 Å². The third kappa shape index (κ3) is 5.52. The summed E-state index contributed by atoms with van der Waals surface area (Å²) in [5.74, 6) is 1.47. The first-order valence-corrected chi connectivity index (χ1v) is 8.86. The molecular weight excluding hydrogens is 350 g/mol. The lowest BCUT2D eigenvalue weighted by molar-refractivity contribution is -0.385. The largest absolute Gasteiger partial charge is 0.287 e. The molecule has 0 unspecified atom stereocenters. The van der Waals surface area contributed by atoms with Crippen LogP contribution in [0.25, 0.3) is 0 Å². The zero-order valence-corrected chi connectivity index (χ0v) is 14.5. The zero-order chi connectivity index (χ0) is 17.5. The van der Waals surface area contributed by atoms with E-state index in [1.165, 1.54) is 24.3 Å². The molecule has 0 aliphatic heterocycles. The van der Waals surface area contributed by atoms with Gasteiger partial charge in [-0.3, -0.25) is 25.1 Å². The number of non-ortho nitro benzene ring substituents is 2. The number of nitrogens with zero attached hydrogens (tertiary/aromatic N) is 3. The van der Waals surface area contributed by atoms with Gasteiger partial charge in [-0.1, -0.05) is 0 Å². The van der Waals surface area contributed by atoms with Gasteiger partial charge in [-0.25, -0.2) is 0 Å². The Morgan fingerprint density at radius 2 is 1.12 bits per heavy atom. The van der Waals surface area contributed by atoms with Crippen molar-refractivity contribution in [3.63, 3.8) is 0 Å². The zero-order valence-electron chi connectivity index (χ0n) is 12.8. The van der Waals surface area contributed by atoms with Gasteiger partial charge in [0.05, 0.1) is 9.85 Å². The van der Waals surface area contributed by atoms with Crippen LogP contribution in [0.4, 0.5) is 11.4 Å². The Kier molecular flexibility index (Phi) is 6.59. The van der Waals surface area contributed by atoms with E-state index in [4.69, 9.17) is 0 Å². The summed E-state index contributed by atoms with van der Waals surface area (Å²) in [6, 6.07) is 12.9. The second-order valence-corrected chi connectivity index (χ2v) is 6.94. The van der Waals surface area contributed by atoms with Crippen molar-refractivity contribution in [2.75, 3.05) is 18.8 Å². The number of benzene rings is 2. The van der Waals surface area contributed by atoms with Crippen molar-refractivity contribution < 1.29 is 9.85 Å². The van der Waals surface area contributed by atoms with Crippen LogP contribution in [0, 0.1) is 20.2 Å². The lowest BCUT2D eigenvalue weighted by Gasteiger charge is -2.15. The molecule has 0 N–H and O–H groups in total. The molecule has 2 rings (SSSR count). The van der Waals surface area contributed by atoms with Gasteiger partial charge in [-0.15, -0.1) is 23.5 Å². The van der Waals surface area contributed by atoms with Crippen molar-refractivity contribution in [2.45, 2.75) is 9.79 Å². The molecule has 9 heteroatoms. The first-order valence-electron chi connectivity index (χ1n) is 6.89. The first-order chi connectivity index (χ1) is 11.5. The predicted molar refractivity (Wildman–Crippen MR) is 95.4 cm³/mol. The summed E-state index contributed by atoms with van der Waals surface area (Å²) in [6.07, 6.45) is 0. The Labute approximate surface area is 147 Å². The molecule has 0 radical (unpaired) electrons. The average Bonchev–Trinajstić information content (AvgIpc) is 2.58. The second kappa shape index (κ2) is 8.67. The van der Waals surface area contributed by atoms with Crippen LogP contribution >= 0.6 is 23.5 Å². The average molecular weight is 365 g/mol. The van der Waals surface area contributed by atoms with E-state index in [2.05, 4.69) is 4.90 Å². The molecule has 0 saturated heterocycles. The first kappa shape index (κ1) is 18.2. The summed E-state index contributed by atoms with van der Waals surface area (Å²) < 4.78 is 0. The fourth-order valence-electron chi connectivity index (χ4n) is 1.73. The minimum absolute atomic E-state index is 0.0847. The maximum atomic E-state index is 10.6. The number of nitro benzene ring substituents is 2. The smallest absolute Gasteiger partial charge is 0.269 e. The molecule has 0 fully saturated rings. The Balaban J connectivity index is 1.77. The maximum Gasteiger partial charge on any atom is 0.269 e. The molecule has 0 amide bonds. The van der Waals surface area contributed by atoms with Gasteiger partial charge in [0.15, 0.2) is 0 Å². The normalized spacial score (nSPS) is 10.8. The lowest BCUT2D eigenvalue weighted by Crippen LogP contribution is -2.16. The lowest BCUT2D eigenvalue weighted by atomic mass is 10.3. The Hall–Kier alpha value is -2.10. The molecule has 0 heterocycles. The van der Waals surface area contributed by atoms with Gasteiger partial charge in [0, 0.05) is 45.8 Å². The molecule has 126 valence electrons. The number of nitro groups is 2. The maximum absolute atomic E-state index is 10.6. The number of thioether (sulfide) groups is 2. The van der Waals surface area contributed by atoms with Crippen LogP contribution in [-0.4, -0.2) is 33.5 Å². The summed E-state index contributed by atoms with van der Waals surface area (Å²) in [7, 11) is 1.97. The summed E-state index contributed by atoms with van der Waals surface area (Å²) in [5, 5.41) is 21.2. The van der Waals surface area contributed by atoms with Crippen molar-refractivity contribution >= 4 is 34.9 Å². The van der Waals surface area contributed by atoms with Gasteiger partial charge < -0.3 is 0 Å². The van der Waals surface area contributed by atoms with Gasteiger partial charge in [0.25, 0.3) is 11.4 Å². The molecule has 0 aromatic heterocycles. The van der Waals surface area contributed by atoms with Crippen LogP contribution < -0.4 is 0 Å². The Morgan fingerprint density at radius 1 is 0.792 bits per heavy atom. The monoisotopic (exact) mass is 365 g/mol. The van der Waals surface area contributed by atoms with E-state index in [-0.39, 0.29) is 11.4 Å². The third-order valence-electron chi connectivity index (χ3n) is 3.00. The molecule has 24 heavy (non-hydrogen) atoms. The highest BCUT2D eigenvalue weighted by molar-refractivity contribution is 8.00. The molecule has 0 aliphatic carbocycles. The second-order valence-electron chi connectivity index (χ2n) is 4.90. The van der Waals surface area contributed by atoms with E-state index in [1.807, 2.05) is 7.05 Å². The molecule has 0 saturated carbocycles. The van der Waals surface area contributed by atoms with E-state index >= 15 is 0 Å². The number of hydrogen-bond acceptors (Lipinski definition) is 7. The molecule has 0 bridgehead atoms. The van der Waals surface area contributed by atoms with E-state index in [0.29, 0.717) is 0 Å². The van der Waals surface area contributed by atoms with Crippen molar-refractivity contribution in [1.29, 1.82) is 0 Å². The van der Waals surface area contributed by atoms with Crippen LogP contribution in [-0.2, 0) is 0 Å². The summed E-state index contributed by atoms with van der Waals surface area (Å²) in [6.45, 7) is 0. The van der Waals surface area contributed by atoms with Gasteiger partial charge in [-0.2, -0.15) is 0 Å². The standard InChI is InChI=1S/C15H15N3O4S2/c1-16(10-23-14-6-2-12(3-7-14)17(19)20)11-24-15-8-4-13(5-9-15)18(21)22/h2-9H,10-11H2,1H3. The molecule has 2 aromatic rings. The highest BCUT2D eigenvalue weighted by Gasteiger charge is 2.07. The van der Waals surface area contributed by atoms with Gasteiger partial charge in [0.1, 0.15) is 0 Å². The van der Waals surface area contributed by atoms with Crippen LogP contribution in [0.15, 0.2) is 58.3 Å². The van der Waals surface area contributed by atoms with Gasteiger partial charge in [0.2, 0.25) is 0 Å². The molecule has 0 atom stereocenters. The Morgan fingerprint density at radius 3 is 1.42 bits per heavy atom. The predicted octanol–water partition coefficient (Wildman–Crippen LogP) is 4.23. The minimum Gasteiger partial charge on any atom is -0.287 e. The quantitative estimate of drug-likeness (QED) is 0.299. The summed E-state index contributed by atoms with van der Waals surface area (Å²) >= 11 is 3.18. The van der Waals surface area contributed by atoms with E-state index < -0.39 is 9.85 Å². The van der Waals surface area contributed by atoms with E-state index in [0.717, 1.165) is 21.5 Å². The summed E-state index contributed by atoms with van der Waals surface area (Å²) in [4.78, 5) is 24.4. The Bertz CT molecular complexity index is 646. The van der Waals surface area contributed by atoms with E-state index in [1.54, 1.807) is 47.8 Å². The van der Waals surface area contributed by atoms with Crippen molar-refractivity contribution in [1.82, 2.24) is 4.90 Å². The van der Waals surface area contributed by atoms with Gasteiger partial charge >= 0.3 is 0 Å². The molecule has 2 aromatic carbocycles. The number of hydrogen-bond donors (Lipinski definition) is 0. The van der Waals surface area contributed by atoms with Crippen LogP contribution in [0.2, 0.25) is 0 Å². The number of rotatable bonds is 8. The van der Waals surface area contributed by atoms with Crippen molar-refractivity contribution in [3.05, 3.63) is 68.8 Å². The van der Waals surface area contributed by atoms with Crippen LogP contribution in [0.3, 0.4) is 0 Å². The fraction of sp³-hybridized carbons (Fsp3) is 0.200. The molecule has 7 nitrogen and oxygen atoms in total. The summed E-state index contributed by atoms with van der Waals surface area (Å²) in [5.41, 5.74) is 0.169. The van der Waals surface area contributed by atoms with Crippen LogP contribution in [0.5, 0.6) is 0 Å². The highest BCUT2D eigenvalue weighted by Crippen LogP contribution is 2.25. The SMILES string of the molecule is CN(CSc1ccc([N+](=O)[O-])cc1)CSc1ccc([N+](=O)[O-])cc1. The van der Waals surface area contributed by atoms with Crippen molar-refractivity contribution in [2.24, 2.45) is 0 Å². The topological polar surface area (TPSA) is 89.5 Å². The fourth-order valence-corrected chi connectivity index (χ4v) is 3.43. The highest BCUT2D eigenvalue weighted by atomic mass is 32.2. The van der Waals surface area contributed by atoms with Gasteiger partial charge in [-0.05, 0) is 31.3 Å². The van der Waals surface area contributed by atoms with Crippen molar-refractivity contribution in [3.8, 4) is 0 Å². The molecule has 0 aliphatic rings. The van der Waals surface area contributed by atoms with Crippen LogP contribution in [0.1, 0.15) is 0 Å². The molecule has 0 spiro atoms. The minimum atomic E-state index is -0.415. The third-order valence-corrected chi connectivity index (χ3v) is 5.35. The molecular formula is C15H15N3O4S2.